The third-order valence-corrected chi connectivity index (χ3v) is 4.01. The van der Waals surface area contributed by atoms with E-state index < -0.39 is 0 Å². The predicted molar refractivity (Wildman–Crippen MR) is 66.5 cm³/mol. The molecular weight excluding hydrogens is 196 g/mol. The van der Waals surface area contributed by atoms with E-state index in [0.29, 0.717) is 5.92 Å². The summed E-state index contributed by atoms with van der Waals surface area (Å²) in [6.45, 7) is 0. The summed E-state index contributed by atoms with van der Waals surface area (Å²) >= 11 is 0. The molecule has 2 fully saturated rings. The Kier molecular flexibility index (Phi) is 2.58. The summed E-state index contributed by atoms with van der Waals surface area (Å²) in [5.74, 6) is 1.39. The molecule has 0 aromatic carbocycles. The molecule has 2 aliphatic rings. The highest BCUT2D eigenvalue weighted by atomic mass is 14.8. The van der Waals surface area contributed by atoms with Crippen LogP contribution in [0.1, 0.15) is 68.0 Å². The number of hydrogen-bond acceptors (Lipinski definition) is 2. The van der Waals surface area contributed by atoms with Crippen LogP contribution in [0.2, 0.25) is 0 Å². The lowest BCUT2D eigenvalue weighted by Gasteiger charge is -2.22. The number of hydrogen-bond donors (Lipinski definition) is 1. The molecule has 0 saturated heterocycles. The first-order valence-electron chi connectivity index (χ1n) is 6.60. The number of aromatic nitrogens is 1. The molecule has 0 radical (unpaired) electrons. The Morgan fingerprint density at radius 1 is 1.00 bits per heavy atom. The summed E-state index contributed by atoms with van der Waals surface area (Å²) in [6.07, 6.45) is 11.4. The molecule has 2 saturated carbocycles. The Balaban J connectivity index is 1.81. The number of nitrogens with two attached hydrogens (primary N) is 1. The minimum atomic E-state index is 0.667. The number of nitrogens with zero attached hydrogens (tertiary/aromatic N) is 1. The van der Waals surface area contributed by atoms with Crippen molar-refractivity contribution in [1.82, 2.24) is 4.98 Å². The van der Waals surface area contributed by atoms with Crippen LogP contribution in [-0.4, -0.2) is 4.98 Å². The molecule has 0 aliphatic heterocycles. The molecule has 2 nitrogen and oxygen atoms in total. The number of pyridine rings is 1. The van der Waals surface area contributed by atoms with Gasteiger partial charge in [-0.05, 0) is 43.2 Å². The van der Waals surface area contributed by atoms with Crippen molar-refractivity contribution in [1.29, 1.82) is 0 Å². The van der Waals surface area contributed by atoms with E-state index in [2.05, 4.69) is 17.2 Å². The Morgan fingerprint density at radius 3 is 2.38 bits per heavy atom. The lowest BCUT2D eigenvalue weighted by molar-refractivity contribution is 0.443. The summed E-state index contributed by atoms with van der Waals surface area (Å²) in [7, 11) is 0. The molecular formula is C14H20N2. The Morgan fingerprint density at radius 2 is 1.75 bits per heavy atom. The highest BCUT2D eigenvalue weighted by molar-refractivity contribution is 5.48. The van der Waals surface area contributed by atoms with Crippen molar-refractivity contribution >= 4 is 5.69 Å². The lowest BCUT2D eigenvalue weighted by Crippen LogP contribution is -2.07. The normalized spacial score (nSPS) is 22.2. The second-order valence-electron chi connectivity index (χ2n) is 5.35. The molecule has 0 atom stereocenters. The van der Waals surface area contributed by atoms with Gasteiger partial charge < -0.3 is 5.73 Å². The third kappa shape index (κ3) is 1.93. The minimum Gasteiger partial charge on any atom is -0.397 e. The zero-order valence-corrected chi connectivity index (χ0v) is 9.78. The fourth-order valence-electron chi connectivity index (χ4n) is 2.87. The van der Waals surface area contributed by atoms with E-state index in [0.717, 1.165) is 17.3 Å². The molecule has 3 rings (SSSR count). The van der Waals surface area contributed by atoms with Crippen molar-refractivity contribution in [3.8, 4) is 0 Å². The van der Waals surface area contributed by atoms with Crippen LogP contribution in [0.15, 0.2) is 12.3 Å². The monoisotopic (exact) mass is 216 g/mol. The molecule has 0 bridgehead atoms. The largest absolute Gasteiger partial charge is 0.397 e. The quantitative estimate of drug-likeness (QED) is 0.820. The second-order valence-corrected chi connectivity index (χ2v) is 5.35. The fraction of sp³-hybridized carbons (Fsp3) is 0.643. The summed E-state index contributed by atoms with van der Waals surface area (Å²) < 4.78 is 0. The molecule has 2 N–H and O–H groups in total. The van der Waals surface area contributed by atoms with Crippen LogP contribution in [-0.2, 0) is 0 Å². The molecule has 2 heteroatoms. The SMILES string of the molecule is Nc1cc(C2CCCCC2)cnc1C1CC1. The average Bonchev–Trinajstić information content (AvgIpc) is 3.14. The van der Waals surface area contributed by atoms with Crippen LogP contribution in [0.3, 0.4) is 0 Å². The van der Waals surface area contributed by atoms with Crippen molar-refractivity contribution in [2.45, 2.75) is 56.8 Å². The third-order valence-electron chi connectivity index (χ3n) is 4.01. The Labute approximate surface area is 97.3 Å². The topological polar surface area (TPSA) is 38.9 Å². The van der Waals surface area contributed by atoms with Gasteiger partial charge in [-0.25, -0.2) is 0 Å². The number of nitrogen functional groups attached to an aromatic ring is 1. The first-order chi connectivity index (χ1) is 7.84. The lowest BCUT2D eigenvalue weighted by atomic mass is 9.84. The fourth-order valence-corrected chi connectivity index (χ4v) is 2.87. The van der Waals surface area contributed by atoms with E-state index >= 15 is 0 Å². The van der Waals surface area contributed by atoms with Crippen molar-refractivity contribution < 1.29 is 0 Å². The first kappa shape index (κ1) is 10.1. The summed E-state index contributed by atoms with van der Waals surface area (Å²) in [5.41, 5.74) is 9.57. The van der Waals surface area contributed by atoms with Gasteiger partial charge in [0, 0.05) is 12.1 Å². The summed E-state index contributed by atoms with van der Waals surface area (Å²) in [4.78, 5) is 4.59. The maximum absolute atomic E-state index is 6.11. The van der Waals surface area contributed by atoms with Gasteiger partial charge in [-0.1, -0.05) is 19.3 Å². The molecule has 0 spiro atoms. The van der Waals surface area contributed by atoms with Crippen LogP contribution in [0.25, 0.3) is 0 Å². The second kappa shape index (κ2) is 4.08. The van der Waals surface area contributed by atoms with E-state index in [1.165, 1.54) is 50.5 Å². The van der Waals surface area contributed by atoms with Gasteiger partial charge in [0.2, 0.25) is 0 Å². The number of rotatable bonds is 2. The highest BCUT2D eigenvalue weighted by Crippen LogP contribution is 2.42. The van der Waals surface area contributed by atoms with Gasteiger partial charge in [0.1, 0.15) is 0 Å². The van der Waals surface area contributed by atoms with Gasteiger partial charge in [-0.3, -0.25) is 4.98 Å². The van der Waals surface area contributed by atoms with Crippen molar-refractivity contribution in [3.05, 3.63) is 23.5 Å². The zero-order chi connectivity index (χ0) is 11.0. The van der Waals surface area contributed by atoms with E-state index in [-0.39, 0.29) is 0 Å². The molecule has 16 heavy (non-hydrogen) atoms. The van der Waals surface area contributed by atoms with Crippen LogP contribution in [0, 0.1) is 0 Å². The number of anilines is 1. The van der Waals surface area contributed by atoms with Gasteiger partial charge in [0.05, 0.1) is 11.4 Å². The molecule has 2 aliphatic carbocycles. The Hall–Kier alpha value is -1.05. The van der Waals surface area contributed by atoms with E-state index in [9.17, 15) is 0 Å². The average molecular weight is 216 g/mol. The molecule has 1 aromatic heterocycles. The molecule has 0 amide bonds. The van der Waals surface area contributed by atoms with Crippen LogP contribution in [0.5, 0.6) is 0 Å². The molecule has 1 heterocycles. The molecule has 1 aromatic rings. The van der Waals surface area contributed by atoms with Crippen LogP contribution >= 0.6 is 0 Å². The minimum absolute atomic E-state index is 0.667. The first-order valence-corrected chi connectivity index (χ1v) is 6.60. The zero-order valence-electron chi connectivity index (χ0n) is 9.78. The van der Waals surface area contributed by atoms with E-state index in [1.807, 2.05) is 0 Å². The predicted octanol–water partition coefficient (Wildman–Crippen LogP) is 3.59. The maximum atomic E-state index is 6.11. The summed E-state index contributed by atoms with van der Waals surface area (Å²) in [5, 5.41) is 0. The van der Waals surface area contributed by atoms with Gasteiger partial charge in [0.15, 0.2) is 0 Å². The smallest absolute Gasteiger partial charge is 0.0663 e. The molecule has 0 unspecified atom stereocenters. The van der Waals surface area contributed by atoms with Gasteiger partial charge in [-0.15, -0.1) is 0 Å². The van der Waals surface area contributed by atoms with Gasteiger partial charge >= 0.3 is 0 Å². The van der Waals surface area contributed by atoms with Gasteiger partial charge in [-0.2, -0.15) is 0 Å². The van der Waals surface area contributed by atoms with Crippen molar-refractivity contribution in [2.24, 2.45) is 0 Å². The Bertz CT molecular complexity index is 376. The molecule has 86 valence electrons. The highest BCUT2D eigenvalue weighted by Gasteiger charge is 2.27. The van der Waals surface area contributed by atoms with Gasteiger partial charge in [0.25, 0.3) is 0 Å². The maximum Gasteiger partial charge on any atom is 0.0663 e. The summed E-state index contributed by atoms with van der Waals surface area (Å²) in [6, 6.07) is 2.19. The van der Waals surface area contributed by atoms with E-state index in [1.54, 1.807) is 0 Å². The van der Waals surface area contributed by atoms with E-state index in [4.69, 9.17) is 5.73 Å². The van der Waals surface area contributed by atoms with Crippen molar-refractivity contribution in [3.63, 3.8) is 0 Å². The standard InChI is InChI=1S/C14H20N2/c15-13-8-12(10-4-2-1-3-5-10)9-16-14(13)11-6-7-11/h8-11H,1-7,15H2. The van der Waals surface area contributed by atoms with Crippen LogP contribution in [0.4, 0.5) is 5.69 Å². The van der Waals surface area contributed by atoms with Crippen molar-refractivity contribution in [2.75, 3.05) is 5.73 Å². The van der Waals surface area contributed by atoms with Crippen LogP contribution < -0.4 is 5.73 Å².